The van der Waals surface area contributed by atoms with E-state index in [4.69, 9.17) is 5.11 Å². The van der Waals surface area contributed by atoms with Gasteiger partial charge in [0, 0.05) is 6.42 Å². The Hall–Kier alpha value is -0.0900. The van der Waals surface area contributed by atoms with E-state index in [0.29, 0.717) is 6.42 Å². The molecule has 0 amide bonds. The molecule has 0 aromatic heterocycles. The third-order valence-electron chi connectivity index (χ3n) is 5.02. The summed E-state index contributed by atoms with van der Waals surface area (Å²) in [5, 5.41) is 8.58. The molecule has 0 fully saturated rings. The Labute approximate surface area is 167 Å². The average Bonchev–Trinajstić information content (AvgIpc) is 2.52. The number of nitrogens with zero attached hydrogens (tertiary/aromatic N) is 1. The molecule has 0 aromatic rings. The van der Waals surface area contributed by atoms with Crippen molar-refractivity contribution in [3.05, 3.63) is 0 Å². The lowest BCUT2D eigenvalue weighted by molar-refractivity contribution is -0.890. The second-order valence-corrected chi connectivity index (χ2v) is 8.12. The molecule has 0 unspecified atom stereocenters. The SMILES string of the molecule is Br.CCCCCCCC[N+](C)(C)CCCCCCCCCCC(=O)O. The summed E-state index contributed by atoms with van der Waals surface area (Å²) in [5.41, 5.74) is 0. The molecule has 0 aliphatic heterocycles. The summed E-state index contributed by atoms with van der Waals surface area (Å²) in [4.78, 5) is 10.4. The van der Waals surface area contributed by atoms with Crippen molar-refractivity contribution in [1.82, 2.24) is 0 Å². The first kappa shape index (κ1) is 27.1. The highest BCUT2D eigenvalue weighted by atomic mass is 79.9. The third kappa shape index (κ3) is 21.9. The minimum absolute atomic E-state index is 0. The normalized spacial score (nSPS) is 11.3. The number of quaternary nitrogens is 1. The molecule has 0 atom stereocenters. The highest BCUT2D eigenvalue weighted by Gasteiger charge is 2.13. The van der Waals surface area contributed by atoms with Gasteiger partial charge in [-0.1, -0.05) is 64.7 Å². The Morgan fingerprint density at radius 2 is 1.04 bits per heavy atom. The fraction of sp³-hybridized carbons (Fsp3) is 0.952. The smallest absolute Gasteiger partial charge is 0.303 e. The minimum atomic E-state index is -0.656. The van der Waals surface area contributed by atoms with Crippen LogP contribution < -0.4 is 0 Å². The molecule has 0 spiro atoms. The van der Waals surface area contributed by atoms with Gasteiger partial charge in [-0.2, -0.15) is 0 Å². The van der Waals surface area contributed by atoms with Crippen LogP contribution in [0.15, 0.2) is 0 Å². The van der Waals surface area contributed by atoms with Crippen LogP contribution in [-0.2, 0) is 4.79 Å². The molecule has 0 bridgehead atoms. The van der Waals surface area contributed by atoms with Crippen molar-refractivity contribution in [2.24, 2.45) is 0 Å². The highest BCUT2D eigenvalue weighted by Crippen LogP contribution is 2.12. The van der Waals surface area contributed by atoms with Gasteiger partial charge in [-0.15, -0.1) is 17.0 Å². The first-order valence-electron chi connectivity index (χ1n) is 10.5. The average molecular weight is 424 g/mol. The topological polar surface area (TPSA) is 37.3 Å². The summed E-state index contributed by atoms with van der Waals surface area (Å²) in [6.45, 7) is 4.92. The zero-order valence-electron chi connectivity index (χ0n) is 17.2. The fourth-order valence-corrected chi connectivity index (χ4v) is 3.31. The summed E-state index contributed by atoms with van der Waals surface area (Å²) >= 11 is 0. The summed E-state index contributed by atoms with van der Waals surface area (Å²) in [6.07, 6.45) is 18.5. The Balaban J connectivity index is 0. The van der Waals surface area contributed by atoms with Gasteiger partial charge < -0.3 is 9.59 Å². The maximum Gasteiger partial charge on any atom is 0.303 e. The Kier molecular flexibility index (Phi) is 20.3. The summed E-state index contributed by atoms with van der Waals surface area (Å²) < 4.78 is 1.18. The monoisotopic (exact) mass is 422 g/mol. The van der Waals surface area contributed by atoms with Crippen LogP contribution in [0.3, 0.4) is 0 Å². The molecule has 0 radical (unpaired) electrons. The number of carboxylic acid groups (broad SMARTS) is 1. The van der Waals surface area contributed by atoms with Gasteiger partial charge >= 0.3 is 5.97 Å². The number of hydrogen-bond acceptors (Lipinski definition) is 1. The molecule has 0 aliphatic carbocycles. The lowest BCUT2D eigenvalue weighted by atomic mass is 10.1. The number of carbonyl (C=O) groups is 1. The van der Waals surface area contributed by atoms with E-state index in [-0.39, 0.29) is 17.0 Å². The van der Waals surface area contributed by atoms with Crippen molar-refractivity contribution in [3.8, 4) is 0 Å². The van der Waals surface area contributed by atoms with Crippen LogP contribution in [0.4, 0.5) is 0 Å². The third-order valence-corrected chi connectivity index (χ3v) is 5.02. The molecule has 0 aromatic carbocycles. The molecule has 25 heavy (non-hydrogen) atoms. The Morgan fingerprint density at radius 3 is 1.44 bits per heavy atom. The molecular weight excluding hydrogens is 378 g/mol. The number of rotatable bonds is 18. The second kappa shape index (κ2) is 18.7. The maximum absolute atomic E-state index is 10.4. The van der Waals surface area contributed by atoms with Gasteiger partial charge in [0.05, 0.1) is 27.2 Å². The van der Waals surface area contributed by atoms with Gasteiger partial charge in [-0.25, -0.2) is 0 Å². The molecular formula is C21H45BrNO2+. The van der Waals surface area contributed by atoms with Gasteiger partial charge in [0.25, 0.3) is 0 Å². The predicted octanol–water partition coefficient (Wildman–Crippen LogP) is 6.60. The van der Waals surface area contributed by atoms with Crippen LogP contribution >= 0.6 is 17.0 Å². The van der Waals surface area contributed by atoms with Gasteiger partial charge in [-0.05, 0) is 32.1 Å². The maximum atomic E-state index is 10.4. The molecule has 0 rings (SSSR count). The molecule has 4 heteroatoms. The molecule has 3 nitrogen and oxygen atoms in total. The van der Waals surface area contributed by atoms with Crippen LogP contribution in [0.5, 0.6) is 0 Å². The van der Waals surface area contributed by atoms with E-state index >= 15 is 0 Å². The zero-order valence-corrected chi connectivity index (χ0v) is 18.9. The molecule has 0 saturated heterocycles. The number of unbranched alkanes of at least 4 members (excludes halogenated alkanes) is 12. The van der Waals surface area contributed by atoms with Crippen molar-refractivity contribution in [1.29, 1.82) is 0 Å². The van der Waals surface area contributed by atoms with Crippen LogP contribution in [0.1, 0.15) is 103 Å². The van der Waals surface area contributed by atoms with Crippen LogP contribution in [-0.4, -0.2) is 42.7 Å². The molecule has 152 valence electrons. The quantitative estimate of drug-likeness (QED) is 0.199. The van der Waals surface area contributed by atoms with E-state index in [1.54, 1.807) is 0 Å². The molecule has 0 aliphatic rings. The summed E-state index contributed by atoms with van der Waals surface area (Å²) in [5.74, 6) is -0.656. The lowest BCUT2D eigenvalue weighted by Gasteiger charge is -2.30. The number of carboxylic acids is 1. The van der Waals surface area contributed by atoms with Crippen molar-refractivity contribution < 1.29 is 14.4 Å². The summed E-state index contributed by atoms with van der Waals surface area (Å²) in [6, 6.07) is 0. The van der Waals surface area contributed by atoms with Crippen LogP contribution in [0.2, 0.25) is 0 Å². The van der Waals surface area contributed by atoms with Gasteiger partial charge in [0.1, 0.15) is 0 Å². The highest BCUT2D eigenvalue weighted by molar-refractivity contribution is 8.93. The molecule has 0 heterocycles. The van der Waals surface area contributed by atoms with E-state index in [1.807, 2.05) is 0 Å². The fourth-order valence-electron chi connectivity index (χ4n) is 3.31. The van der Waals surface area contributed by atoms with E-state index in [9.17, 15) is 4.79 Å². The Bertz CT molecular complexity index is 296. The van der Waals surface area contributed by atoms with Gasteiger partial charge in [-0.3, -0.25) is 4.79 Å². The van der Waals surface area contributed by atoms with E-state index in [2.05, 4.69) is 21.0 Å². The second-order valence-electron chi connectivity index (χ2n) is 8.12. The first-order valence-corrected chi connectivity index (χ1v) is 10.5. The predicted molar refractivity (Wildman–Crippen MR) is 115 cm³/mol. The zero-order chi connectivity index (χ0) is 18.1. The lowest BCUT2D eigenvalue weighted by Crippen LogP contribution is -2.41. The van der Waals surface area contributed by atoms with Crippen LogP contribution in [0, 0.1) is 0 Å². The number of halogens is 1. The van der Waals surface area contributed by atoms with Gasteiger partial charge in [0.2, 0.25) is 0 Å². The van der Waals surface area contributed by atoms with Crippen LogP contribution in [0.25, 0.3) is 0 Å². The first-order chi connectivity index (χ1) is 11.5. The van der Waals surface area contributed by atoms with Crippen molar-refractivity contribution in [3.63, 3.8) is 0 Å². The summed E-state index contributed by atoms with van der Waals surface area (Å²) in [7, 11) is 4.77. The van der Waals surface area contributed by atoms with Crippen molar-refractivity contribution in [2.45, 2.75) is 103 Å². The van der Waals surface area contributed by atoms with Crippen molar-refractivity contribution >= 4 is 23.0 Å². The number of hydrogen-bond donors (Lipinski definition) is 1. The standard InChI is InChI=1S/C21H43NO2.BrH/c1-4-5-6-7-13-16-19-22(2,3)20-17-14-11-9-8-10-12-15-18-21(23)24;/h4-20H2,1-3H3;1H/p+1. The minimum Gasteiger partial charge on any atom is -0.481 e. The molecule has 1 N–H and O–H groups in total. The largest absolute Gasteiger partial charge is 0.481 e. The number of aliphatic carboxylic acids is 1. The van der Waals surface area contributed by atoms with Crippen molar-refractivity contribution in [2.75, 3.05) is 27.2 Å². The van der Waals surface area contributed by atoms with Gasteiger partial charge in [0.15, 0.2) is 0 Å². The van der Waals surface area contributed by atoms with E-state index in [0.717, 1.165) is 12.8 Å². The van der Waals surface area contributed by atoms with E-state index < -0.39 is 5.97 Å². The Morgan fingerprint density at radius 1 is 0.680 bits per heavy atom. The molecule has 0 saturated carbocycles. The van der Waals surface area contributed by atoms with E-state index in [1.165, 1.54) is 94.6 Å².